The van der Waals surface area contributed by atoms with Crippen LogP contribution in [-0.4, -0.2) is 142 Å². The van der Waals surface area contributed by atoms with Crippen molar-refractivity contribution >= 4 is 29.8 Å². The van der Waals surface area contributed by atoms with E-state index in [1.807, 2.05) is 18.2 Å². The van der Waals surface area contributed by atoms with Gasteiger partial charge in [0.15, 0.2) is 0 Å². The van der Waals surface area contributed by atoms with Crippen molar-refractivity contribution in [3.8, 4) is 0 Å². The van der Waals surface area contributed by atoms with E-state index in [0.717, 1.165) is 40.1 Å². The fourth-order valence-corrected chi connectivity index (χ4v) is 6.73. The maximum Gasteiger partial charge on any atom is 0.317 e. The van der Waals surface area contributed by atoms with E-state index in [4.69, 9.17) is 26.2 Å². The second-order valence-electron chi connectivity index (χ2n) is 12.1. The van der Waals surface area contributed by atoms with Crippen LogP contribution in [-0.2, 0) is 31.0 Å². The molecule has 2 unspecified atom stereocenters. The van der Waals surface area contributed by atoms with E-state index in [9.17, 15) is 29.1 Å². The normalized spacial score (nSPS) is 24.7. The van der Waals surface area contributed by atoms with E-state index in [1.165, 1.54) is 11.1 Å². The molecule has 14 nitrogen and oxygen atoms in total. The van der Waals surface area contributed by atoms with Crippen molar-refractivity contribution < 1.29 is 54.0 Å². The van der Waals surface area contributed by atoms with Gasteiger partial charge in [0, 0.05) is 42.8 Å². The molecule has 0 radical (unpaired) electrons. The summed E-state index contributed by atoms with van der Waals surface area (Å²) in [6.45, 7) is -1.15. The smallest absolute Gasteiger partial charge is 0.317 e. The molecule has 236 valence electrons. The largest absolute Gasteiger partial charge is 0.480 e. The molecular weight excluding hydrogens is 564 g/mol. The number of carboxylic acids is 4. The second kappa shape index (κ2) is 13.6. The highest BCUT2D eigenvalue weighted by Gasteiger charge is 2.58. The van der Waals surface area contributed by atoms with Crippen LogP contribution in [0.15, 0.2) is 30.4 Å². The Hall–Kier alpha value is -3.85. The van der Waals surface area contributed by atoms with Crippen molar-refractivity contribution in [1.29, 1.82) is 0 Å². The molecule has 2 aliphatic carbocycles. The van der Waals surface area contributed by atoms with E-state index in [1.54, 1.807) is 0 Å². The molecular formula is C29H41N4O10+. The van der Waals surface area contributed by atoms with Gasteiger partial charge < -0.3 is 35.7 Å². The summed E-state index contributed by atoms with van der Waals surface area (Å²) < 4.78 is 1.02. The summed E-state index contributed by atoms with van der Waals surface area (Å²) in [5.41, 5.74) is 8.61. The number of primary amides is 1. The van der Waals surface area contributed by atoms with Crippen LogP contribution < -0.4 is 5.73 Å². The number of rotatable bonds is 12. The summed E-state index contributed by atoms with van der Waals surface area (Å²) in [5, 5.41) is 44.8. The number of hydrogen-bond acceptors (Lipinski definition) is 8. The topological polar surface area (TPSA) is 219 Å². The molecule has 4 rings (SSSR count). The van der Waals surface area contributed by atoms with Gasteiger partial charge in [0.2, 0.25) is 5.91 Å². The van der Waals surface area contributed by atoms with Crippen LogP contribution in [0.1, 0.15) is 34.3 Å². The van der Waals surface area contributed by atoms with Crippen molar-refractivity contribution in [2.45, 2.75) is 36.8 Å². The van der Waals surface area contributed by atoms with Gasteiger partial charge in [-0.05, 0) is 29.7 Å². The third-order valence-electron chi connectivity index (χ3n) is 8.73. The first-order chi connectivity index (χ1) is 20.0. The van der Waals surface area contributed by atoms with Gasteiger partial charge in [-0.25, -0.2) is 0 Å². The molecule has 4 atom stereocenters. The van der Waals surface area contributed by atoms with Crippen LogP contribution >= 0.6 is 0 Å². The van der Waals surface area contributed by atoms with E-state index < -0.39 is 56.2 Å². The molecule has 1 heterocycles. The third kappa shape index (κ3) is 8.38. The highest BCUT2D eigenvalue weighted by atomic mass is 16.4. The molecule has 3 aliphatic rings. The van der Waals surface area contributed by atoms with Crippen LogP contribution in [0.4, 0.5) is 0 Å². The Bertz CT molecular complexity index is 1210. The molecule has 43 heavy (non-hydrogen) atoms. The molecule has 1 saturated heterocycles. The lowest BCUT2D eigenvalue weighted by Crippen LogP contribution is -2.67. The summed E-state index contributed by atoms with van der Waals surface area (Å²) in [6, 6.07) is 6.46. The Kier molecular flexibility index (Phi) is 10.7. The van der Waals surface area contributed by atoms with Gasteiger partial charge in [-0.2, -0.15) is 0 Å². The quantitative estimate of drug-likeness (QED) is 0.129. The SMILES string of the molecule is C[N+]1(C)CC[C@]23CC(O)C=CC2[C@H]1Cc1ccc(C(N)=O)cc13.O=C(O)CN(CCN(CC(=O)O)CC(=O)O)CC(=O)O. The average Bonchev–Trinajstić information content (AvgIpc) is 2.88. The summed E-state index contributed by atoms with van der Waals surface area (Å²) in [6.07, 6.45) is 6.61. The zero-order valence-electron chi connectivity index (χ0n) is 24.4. The fraction of sp³-hybridized carbons (Fsp3) is 0.552. The number of carboxylic acid groups (broad SMARTS) is 4. The first kappa shape index (κ1) is 33.6. The number of fused-ring (bicyclic) bond motifs is 1. The van der Waals surface area contributed by atoms with E-state index in [0.29, 0.717) is 17.5 Å². The molecule has 0 aromatic heterocycles. The number of amides is 1. The predicted molar refractivity (Wildman–Crippen MR) is 152 cm³/mol. The molecule has 7 N–H and O–H groups in total. The number of hydrogen-bond donors (Lipinski definition) is 6. The monoisotopic (exact) mass is 605 g/mol. The van der Waals surface area contributed by atoms with Gasteiger partial charge in [-0.15, -0.1) is 0 Å². The van der Waals surface area contributed by atoms with E-state index in [2.05, 4.69) is 26.2 Å². The van der Waals surface area contributed by atoms with Crippen LogP contribution in [0.5, 0.6) is 0 Å². The molecule has 1 aromatic rings. The van der Waals surface area contributed by atoms with Crippen molar-refractivity contribution in [3.63, 3.8) is 0 Å². The number of piperidine rings is 1. The molecule has 1 amide bonds. The van der Waals surface area contributed by atoms with Gasteiger partial charge in [0.05, 0.1) is 59.0 Å². The number of carbonyl (C=O) groups is 5. The lowest BCUT2D eigenvalue weighted by atomic mass is 9.53. The molecule has 0 spiro atoms. The standard InChI is InChI=1S/C19H24N2O2.C10H16N2O8/c1-21(2)8-7-19-11-14(22)5-6-15(19)17(21)10-12-3-4-13(18(20)23)9-16(12)19;13-7(14)3-11(4-8(15)16)1-2-12(5-9(17)18)6-10(19)20/h3-6,9,14-15,17,22H,7-8,10-11H2,1-2H3,(H-,20,23);1-6H2,(H,13,14)(H,15,16)(H,17,18)(H,19,20)/p+1/t14?,15?,17-,19+;/m1./s1. The van der Waals surface area contributed by atoms with Crippen LogP contribution in [0.3, 0.4) is 0 Å². The van der Waals surface area contributed by atoms with Crippen molar-refractivity contribution in [1.82, 2.24) is 9.80 Å². The van der Waals surface area contributed by atoms with E-state index >= 15 is 0 Å². The van der Waals surface area contributed by atoms with Crippen molar-refractivity contribution in [2.24, 2.45) is 11.7 Å². The number of quaternary nitrogens is 1. The first-order valence-corrected chi connectivity index (χ1v) is 14.0. The molecule has 1 aromatic carbocycles. The highest BCUT2D eigenvalue weighted by Crippen LogP contribution is 2.55. The lowest BCUT2D eigenvalue weighted by Gasteiger charge is -2.59. The fourth-order valence-electron chi connectivity index (χ4n) is 6.73. The van der Waals surface area contributed by atoms with Crippen molar-refractivity contribution in [3.05, 3.63) is 47.0 Å². The Morgan fingerprint density at radius 2 is 1.40 bits per heavy atom. The maximum atomic E-state index is 11.6. The number of aliphatic carboxylic acids is 4. The van der Waals surface area contributed by atoms with Gasteiger partial charge in [0.1, 0.15) is 0 Å². The molecule has 2 bridgehead atoms. The van der Waals surface area contributed by atoms with Crippen LogP contribution in [0.2, 0.25) is 0 Å². The summed E-state index contributed by atoms with van der Waals surface area (Å²) >= 11 is 0. The highest BCUT2D eigenvalue weighted by molar-refractivity contribution is 5.93. The third-order valence-corrected chi connectivity index (χ3v) is 8.73. The van der Waals surface area contributed by atoms with E-state index in [-0.39, 0.29) is 24.4 Å². The Morgan fingerprint density at radius 3 is 1.86 bits per heavy atom. The minimum Gasteiger partial charge on any atom is -0.480 e. The zero-order chi connectivity index (χ0) is 32.1. The summed E-state index contributed by atoms with van der Waals surface area (Å²) in [5.74, 6) is -4.86. The Morgan fingerprint density at radius 1 is 0.884 bits per heavy atom. The Balaban J connectivity index is 0.000000239. The molecule has 14 heteroatoms. The van der Waals surface area contributed by atoms with Gasteiger partial charge in [0.25, 0.3) is 0 Å². The lowest BCUT2D eigenvalue weighted by molar-refractivity contribution is -0.926. The molecule has 0 saturated carbocycles. The maximum absolute atomic E-state index is 11.6. The number of benzene rings is 1. The van der Waals surface area contributed by atoms with Crippen LogP contribution in [0, 0.1) is 5.92 Å². The molecule has 1 fully saturated rings. The number of aliphatic hydroxyl groups is 1. The summed E-state index contributed by atoms with van der Waals surface area (Å²) in [7, 11) is 4.63. The van der Waals surface area contributed by atoms with Gasteiger partial charge in [-0.1, -0.05) is 18.2 Å². The first-order valence-electron chi connectivity index (χ1n) is 14.0. The average molecular weight is 606 g/mol. The number of nitrogens with zero attached hydrogens (tertiary/aromatic N) is 3. The summed E-state index contributed by atoms with van der Waals surface area (Å²) in [4.78, 5) is 56.0. The minimum absolute atomic E-state index is 0.0500. The number of aliphatic hydroxyl groups excluding tert-OH is 1. The second-order valence-corrected chi connectivity index (χ2v) is 12.1. The number of likely N-dealkylation sites (tertiary alicyclic amines) is 1. The zero-order valence-corrected chi connectivity index (χ0v) is 24.4. The van der Waals surface area contributed by atoms with Gasteiger partial charge >= 0.3 is 23.9 Å². The minimum atomic E-state index is -1.23. The number of carbonyl (C=O) groups excluding carboxylic acids is 1. The van der Waals surface area contributed by atoms with Crippen molar-refractivity contribution in [2.75, 3.05) is 59.9 Å². The molecule has 1 aliphatic heterocycles. The number of nitrogens with two attached hydrogens (primary N) is 1. The Labute approximate surface area is 249 Å². The van der Waals surface area contributed by atoms with Crippen LogP contribution in [0.25, 0.3) is 0 Å². The predicted octanol–water partition coefficient (Wildman–Crippen LogP) is -0.706. The number of likely N-dealkylation sites (N-methyl/N-ethyl adjacent to an activating group) is 1. The van der Waals surface area contributed by atoms with Gasteiger partial charge in [-0.3, -0.25) is 33.8 Å².